The number of hydrogen-bond donors (Lipinski definition) is 1. The Morgan fingerprint density at radius 2 is 2.04 bits per heavy atom. The van der Waals surface area contributed by atoms with E-state index in [4.69, 9.17) is 4.42 Å². The zero-order valence-corrected chi connectivity index (χ0v) is 14.6. The summed E-state index contributed by atoms with van der Waals surface area (Å²) in [6.45, 7) is 1.94. The SMILES string of the molecule is Cc1ccc(-c2nnco2)cc1-c1cnc(NC(=O)c2ccncc2F)cn1. The summed E-state index contributed by atoms with van der Waals surface area (Å²) in [5, 5.41) is 10.1. The van der Waals surface area contributed by atoms with Crippen molar-refractivity contribution in [3.05, 3.63) is 72.4 Å². The van der Waals surface area contributed by atoms with Gasteiger partial charge in [0.2, 0.25) is 12.3 Å². The molecular formula is C19H13FN6O2. The number of carbonyl (C=O) groups excluding carboxylic acids is 1. The average molecular weight is 376 g/mol. The molecule has 0 radical (unpaired) electrons. The molecule has 3 heterocycles. The lowest BCUT2D eigenvalue weighted by molar-refractivity contribution is 0.102. The van der Waals surface area contributed by atoms with Gasteiger partial charge in [-0.05, 0) is 30.7 Å². The smallest absolute Gasteiger partial charge is 0.259 e. The maximum atomic E-state index is 13.7. The Labute approximate surface area is 158 Å². The molecule has 8 nitrogen and oxygen atoms in total. The van der Waals surface area contributed by atoms with Crippen molar-refractivity contribution in [2.75, 3.05) is 5.32 Å². The molecule has 0 bridgehead atoms. The predicted octanol–water partition coefficient (Wildman–Crippen LogP) is 3.29. The Bertz CT molecular complexity index is 1130. The highest BCUT2D eigenvalue weighted by Crippen LogP contribution is 2.27. The van der Waals surface area contributed by atoms with Crippen LogP contribution in [0.4, 0.5) is 10.2 Å². The van der Waals surface area contributed by atoms with Crippen LogP contribution in [0.1, 0.15) is 15.9 Å². The number of aryl methyl sites for hydroxylation is 1. The van der Waals surface area contributed by atoms with Crippen molar-refractivity contribution in [3.8, 4) is 22.7 Å². The van der Waals surface area contributed by atoms with Crippen molar-refractivity contribution < 1.29 is 13.6 Å². The van der Waals surface area contributed by atoms with E-state index < -0.39 is 11.7 Å². The lowest BCUT2D eigenvalue weighted by atomic mass is 10.0. The van der Waals surface area contributed by atoms with Gasteiger partial charge in [0.15, 0.2) is 11.6 Å². The third-order valence-electron chi connectivity index (χ3n) is 4.03. The highest BCUT2D eigenvalue weighted by atomic mass is 19.1. The Balaban J connectivity index is 1.58. The summed E-state index contributed by atoms with van der Waals surface area (Å²) in [5.74, 6) is -0.734. The minimum Gasteiger partial charge on any atom is -0.423 e. The van der Waals surface area contributed by atoms with Gasteiger partial charge < -0.3 is 9.73 Å². The van der Waals surface area contributed by atoms with Crippen molar-refractivity contribution in [1.82, 2.24) is 25.1 Å². The molecule has 0 fully saturated rings. The van der Waals surface area contributed by atoms with Gasteiger partial charge in [0.05, 0.1) is 29.8 Å². The van der Waals surface area contributed by atoms with Gasteiger partial charge in [-0.1, -0.05) is 6.07 Å². The summed E-state index contributed by atoms with van der Waals surface area (Å²) < 4.78 is 18.9. The number of rotatable bonds is 4. The standard InChI is InChI=1S/C19H13FN6O2/c1-11-2-3-12(19-26-24-10-28-19)6-14(11)16-8-23-17(9-22-16)25-18(27)13-4-5-21-7-15(13)20/h2-10H,1H3,(H,23,25,27). The van der Waals surface area contributed by atoms with E-state index in [1.165, 1.54) is 31.1 Å². The first-order chi connectivity index (χ1) is 13.6. The second-order valence-corrected chi connectivity index (χ2v) is 5.87. The number of aromatic nitrogens is 5. The van der Waals surface area contributed by atoms with Crippen molar-refractivity contribution in [3.63, 3.8) is 0 Å². The fraction of sp³-hybridized carbons (Fsp3) is 0.0526. The van der Waals surface area contributed by atoms with Crippen LogP contribution in [0, 0.1) is 12.7 Å². The number of halogens is 1. The number of carbonyl (C=O) groups is 1. The molecule has 0 unspecified atom stereocenters. The first-order valence-corrected chi connectivity index (χ1v) is 8.22. The van der Waals surface area contributed by atoms with E-state index >= 15 is 0 Å². The fourth-order valence-electron chi connectivity index (χ4n) is 2.60. The minimum atomic E-state index is -0.710. The maximum absolute atomic E-state index is 13.7. The molecule has 1 N–H and O–H groups in total. The van der Waals surface area contributed by atoms with Crippen LogP contribution in [0.5, 0.6) is 0 Å². The number of pyridine rings is 1. The van der Waals surface area contributed by atoms with Crippen LogP contribution >= 0.6 is 0 Å². The normalized spacial score (nSPS) is 10.6. The van der Waals surface area contributed by atoms with Crippen LogP contribution < -0.4 is 5.32 Å². The molecule has 28 heavy (non-hydrogen) atoms. The second kappa shape index (κ2) is 7.31. The molecule has 0 aliphatic carbocycles. The Morgan fingerprint density at radius 1 is 1.14 bits per heavy atom. The molecule has 1 aromatic carbocycles. The van der Waals surface area contributed by atoms with Gasteiger partial charge in [-0.2, -0.15) is 0 Å². The molecular weight excluding hydrogens is 363 g/mol. The van der Waals surface area contributed by atoms with Gasteiger partial charge >= 0.3 is 0 Å². The minimum absolute atomic E-state index is 0.121. The van der Waals surface area contributed by atoms with Crippen molar-refractivity contribution in [2.45, 2.75) is 6.92 Å². The van der Waals surface area contributed by atoms with Gasteiger partial charge in [-0.25, -0.2) is 9.37 Å². The van der Waals surface area contributed by atoms with Crippen LogP contribution in [-0.2, 0) is 0 Å². The molecule has 0 aliphatic heterocycles. The van der Waals surface area contributed by atoms with Gasteiger partial charge in [0.1, 0.15) is 0 Å². The number of benzene rings is 1. The van der Waals surface area contributed by atoms with Crippen LogP contribution in [0.2, 0.25) is 0 Å². The van der Waals surface area contributed by atoms with Crippen LogP contribution in [0.3, 0.4) is 0 Å². The van der Waals surface area contributed by atoms with E-state index in [9.17, 15) is 9.18 Å². The molecule has 138 valence electrons. The largest absolute Gasteiger partial charge is 0.423 e. The Morgan fingerprint density at radius 3 is 2.75 bits per heavy atom. The van der Waals surface area contributed by atoms with Gasteiger partial charge in [-0.15, -0.1) is 10.2 Å². The van der Waals surface area contributed by atoms with Crippen molar-refractivity contribution in [1.29, 1.82) is 0 Å². The first-order valence-electron chi connectivity index (χ1n) is 8.22. The van der Waals surface area contributed by atoms with Crippen LogP contribution in [0.15, 0.2) is 59.9 Å². The number of nitrogens with one attached hydrogen (secondary N) is 1. The molecule has 0 saturated carbocycles. The molecule has 9 heteroatoms. The summed E-state index contributed by atoms with van der Waals surface area (Å²) in [6, 6.07) is 6.95. The van der Waals surface area contributed by atoms with Crippen LogP contribution in [-0.4, -0.2) is 31.1 Å². The molecule has 0 aliphatic rings. The van der Waals surface area contributed by atoms with E-state index in [1.807, 2.05) is 25.1 Å². The highest BCUT2D eigenvalue weighted by Gasteiger charge is 2.13. The second-order valence-electron chi connectivity index (χ2n) is 5.87. The molecule has 4 aromatic rings. The fourth-order valence-corrected chi connectivity index (χ4v) is 2.60. The zero-order chi connectivity index (χ0) is 19.5. The van der Waals surface area contributed by atoms with Gasteiger partial charge in [0.25, 0.3) is 5.91 Å². The first kappa shape index (κ1) is 17.4. The molecule has 4 rings (SSSR count). The molecule has 1 amide bonds. The van der Waals surface area contributed by atoms with Crippen molar-refractivity contribution >= 4 is 11.7 Å². The Kier molecular flexibility index (Phi) is 4.55. The summed E-state index contributed by atoms with van der Waals surface area (Å²) in [4.78, 5) is 24.3. The number of anilines is 1. The quantitative estimate of drug-likeness (QED) is 0.582. The van der Waals surface area contributed by atoms with Crippen LogP contribution in [0.25, 0.3) is 22.7 Å². The lowest BCUT2D eigenvalue weighted by Crippen LogP contribution is -2.15. The predicted molar refractivity (Wildman–Crippen MR) is 97.6 cm³/mol. The summed E-state index contributed by atoms with van der Waals surface area (Å²) >= 11 is 0. The number of amides is 1. The highest BCUT2D eigenvalue weighted by molar-refractivity contribution is 6.03. The molecule has 0 atom stereocenters. The maximum Gasteiger partial charge on any atom is 0.259 e. The van der Waals surface area contributed by atoms with Crippen molar-refractivity contribution in [2.24, 2.45) is 0 Å². The van der Waals surface area contributed by atoms with E-state index in [0.717, 1.165) is 22.9 Å². The Hall–Kier alpha value is -4.01. The van der Waals surface area contributed by atoms with E-state index in [2.05, 4.69) is 30.5 Å². The zero-order valence-electron chi connectivity index (χ0n) is 14.6. The number of hydrogen-bond acceptors (Lipinski definition) is 7. The monoisotopic (exact) mass is 376 g/mol. The van der Waals surface area contributed by atoms with Gasteiger partial charge in [0, 0.05) is 17.3 Å². The van der Waals surface area contributed by atoms with E-state index in [1.54, 1.807) is 0 Å². The molecule has 3 aromatic heterocycles. The lowest BCUT2D eigenvalue weighted by Gasteiger charge is -2.08. The average Bonchev–Trinajstić information content (AvgIpc) is 3.24. The van der Waals surface area contributed by atoms with Gasteiger partial charge in [-0.3, -0.25) is 14.8 Å². The number of nitrogens with zero attached hydrogens (tertiary/aromatic N) is 5. The summed E-state index contributed by atoms with van der Waals surface area (Å²) in [6.07, 6.45) is 6.51. The molecule has 0 saturated heterocycles. The van der Waals surface area contributed by atoms with E-state index in [-0.39, 0.29) is 11.4 Å². The van der Waals surface area contributed by atoms with E-state index in [0.29, 0.717) is 11.6 Å². The summed E-state index contributed by atoms with van der Waals surface area (Å²) in [7, 11) is 0. The third kappa shape index (κ3) is 3.45. The summed E-state index contributed by atoms with van der Waals surface area (Å²) in [5.41, 5.74) is 3.05. The third-order valence-corrected chi connectivity index (χ3v) is 4.03. The molecule has 0 spiro atoms. The topological polar surface area (TPSA) is 107 Å².